The van der Waals surface area contributed by atoms with Gasteiger partial charge in [0.25, 0.3) is 0 Å². The number of hydrogen-bond donors (Lipinski definition) is 1. The van der Waals surface area contributed by atoms with Crippen molar-refractivity contribution in [2.45, 2.75) is 51.8 Å². The second-order valence-electron chi connectivity index (χ2n) is 5.13. The zero-order valence-electron chi connectivity index (χ0n) is 12.5. The molecule has 0 aliphatic carbocycles. The minimum absolute atomic E-state index is 0.401. The van der Waals surface area contributed by atoms with Gasteiger partial charge in [0.05, 0.1) is 0 Å². The summed E-state index contributed by atoms with van der Waals surface area (Å²) < 4.78 is 0.401. The van der Waals surface area contributed by atoms with Crippen LogP contribution in [0.1, 0.15) is 43.4 Å². The fraction of sp³-hybridized carbons (Fsp3) is 0.625. The molecule has 0 spiro atoms. The lowest BCUT2D eigenvalue weighted by Gasteiger charge is -2.30. The first-order chi connectivity index (χ1) is 8.56. The molecule has 0 amide bonds. The van der Waals surface area contributed by atoms with Crippen LogP contribution in [0.5, 0.6) is 0 Å². The minimum atomic E-state index is 0.401. The number of thioether (sulfide) groups is 1. The Morgan fingerprint density at radius 1 is 1.17 bits per heavy atom. The summed E-state index contributed by atoms with van der Waals surface area (Å²) in [6, 6.07) is 6.71. The van der Waals surface area contributed by atoms with Gasteiger partial charge in [0.1, 0.15) is 0 Å². The molecule has 0 radical (unpaired) electrons. The first-order valence-electron chi connectivity index (χ1n) is 6.89. The lowest BCUT2D eigenvalue weighted by molar-refractivity contribution is 0.494. The third-order valence-corrected chi connectivity index (χ3v) is 5.57. The lowest BCUT2D eigenvalue weighted by Crippen LogP contribution is -2.36. The van der Waals surface area contributed by atoms with E-state index in [0.29, 0.717) is 4.75 Å². The van der Waals surface area contributed by atoms with Gasteiger partial charge in [-0.05, 0) is 44.1 Å². The van der Waals surface area contributed by atoms with Crippen LogP contribution in [0.25, 0.3) is 0 Å². The number of hydrogen-bond acceptors (Lipinski definition) is 2. The van der Waals surface area contributed by atoms with Crippen LogP contribution in [0.15, 0.2) is 18.2 Å². The van der Waals surface area contributed by atoms with E-state index in [0.717, 1.165) is 13.1 Å². The molecule has 102 valence electrons. The topological polar surface area (TPSA) is 12.0 Å². The van der Waals surface area contributed by atoms with Crippen molar-refractivity contribution in [1.82, 2.24) is 5.32 Å². The molecule has 0 bridgehead atoms. The Morgan fingerprint density at radius 3 is 2.33 bits per heavy atom. The van der Waals surface area contributed by atoms with Gasteiger partial charge >= 0.3 is 0 Å². The first kappa shape index (κ1) is 15.6. The molecule has 0 aliphatic heterocycles. The highest BCUT2D eigenvalue weighted by Crippen LogP contribution is 2.29. The maximum Gasteiger partial charge on any atom is 0.0276 e. The van der Waals surface area contributed by atoms with Gasteiger partial charge in [0, 0.05) is 17.8 Å². The van der Waals surface area contributed by atoms with E-state index in [-0.39, 0.29) is 0 Å². The summed E-state index contributed by atoms with van der Waals surface area (Å²) in [4.78, 5) is 0. The molecule has 0 saturated heterocycles. The monoisotopic (exact) mass is 265 g/mol. The molecule has 0 aromatic heterocycles. The van der Waals surface area contributed by atoms with E-state index >= 15 is 0 Å². The van der Waals surface area contributed by atoms with Crippen molar-refractivity contribution >= 4 is 11.8 Å². The van der Waals surface area contributed by atoms with Crippen LogP contribution in [-0.2, 0) is 6.54 Å². The molecule has 1 aromatic carbocycles. The van der Waals surface area contributed by atoms with E-state index < -0.39 is 0 Å². The molecule has 0 heterocycles. The minimum Gasteiger partial charge on any atom is -0.311 e. The molecule has 2 heteroatoms. The quantitative estimate of drug-likeness (QED) is 0.788. The predicted molar refractivity (Wildman–Crippen MR) is 84.5 cm³/mol. The molecule has 18 heavy (non-hydrogen) atoms. The summed E-state index contributed by atoms with van der Waals surface area (Å²) >= 11 is 2.00. The Kier molecular flexibility index (Phi) is 6.24. The van der Waals surface area contributed by atoms with Crippen molar-refractivity contribution in [2.75, 3.05) is 12.8 Å². The van der Waals surface area contributed by atoms with Crippen molar-refractivity contribution in [3.8, 4) is 0 Å². The Labute approximate surface area is 117 Å². The Morgan fingerprint density at radius 2 is 1.83 bits per heavy atom. The van der Waals surface area contributed by atoms with Crippen LogP contribution in [0.3, 0.4) is 0 Å². The first-order valence-corrected chi connectivity index (χ1v) is 8.11. The van der Waals surface area contributed by atoms with Crippen molar-refractivity contribution < 1.29 is 0 Å². The number of rotatable bonds is 7. The van der Waals surface area contributed by atoms with Crippen molar-refractivity contribution in [3.63, 3.8) is 0 Å². The summed E-state index contributed by atoms with van der Waals surface area (Å²) in [5.41, 5.74) is 4.16. The largest absolute Gasteiger partial charge is 0.311 e. The van der Waals surface area contributed by atoms with E-state index in [2.05, 4.69) is 57.5 Å². The highest BCUT2D eigenvalue weighted by molar-refractivity contribution is 8.00. The highest BCUT2D eigenvalue weighted by Gasteiger charge is 2.23. The second-order valence-corrected chi connectivity index (χ2v) is 6.40. The lowest BCUT2D eigenvalue weighted by atomic mass is 10.0. The van der Waals surface area contributed by atoms with Crippen molar-refractivity contribution in [1.29, 1.82) is 0 Å². The van der Waals surface area contributed by atoms with Gasteiger partial charge in [-0.1, -0.05) is 37.6 Å². The molecule has 0 aliphatic rings. The predicted octanol–water partition coefficient (Wildman–Crippen LogP) is 4.31. The van der Waals surface area contributed by atoms with E-state index in [1.165, 1.54) is 29.5 Å². The van der Waals surface area contributed by atoms with Crippen molar-refractivity contribution in [2.24, 2.45) is 0 Å². The Bertz CT molecular complexity index is 361. The number of aryl methyl sites for hydroxylation is 2. The normalized spacial score (nSPS) is 11.8. The zero-order valence-corrected chi connectivity index (χ0v) is 13.3. The third kappa shape index (κ3) is 4.03. The number of nitrogens with one attached hydrogen (secondary N) is 1. The van der Waals surface area contributed by atoms with Gasteiger partial charge in [0.2, 0.25) is 0 Å². The van der Waals surface area contributed by atoms with E-state index in [1.54, 1.807) is 0 Å². The maximum absolute atomic E-state index is 3.63. The summed E-state index contributed by atoms with van der Waals surface area (Å²) in [7, 11) is 0. The van der Waals surface area contributed by atoms with E-state index in [1.807, 2.05) is 11.8 Å². The maximum atomic E-state index is 3.63. The standard InChI is InChI=1S/C16H27NS/c1-6-16(7-2,18-5)12-17-11-15-9-8-13(3)10-14(15)4/h8-10,17H,6-7,11-12H2,1-5H3. The molecule has 0 unspecified atom stereocenters. The summed E-state index contributed by atoms with van der Waals surface area (Å²) in [6.45, 7) is 11.0. The number of benzene rings is 1. The van der Waals surface area contributed by atoms with Gasteiger partial charge in [-0.3, -0.25) is 0 Å². The molecule has 1 aromatic rings. The molecule has 1 nitrogen and oxygen atoms in total. The highest BCUT2D eigenvalue weighted by atomic mass is 32.2. The summed E-state index contributed by atoms with van der Waals surface area (Å²) in [5.74, 6) is 0. The molecular formula is C16H27NS. The molecule has 0 saturated carbocycles. The van der Waals surface area contributed by atoms with Crippen LogP contribution < -0.4 is 5.32 Å². The van der Waals surface area contributed by atoms with Crippen LogP contribution in [0.4, 0.5) is 0 Å². The van der Waals surface area contributed by atoms with Crippen molar-refractivity contribution in [3.05, 3.63) is 34.9 Å². The average molecular weight is 265 g/mol. The van der Waals surface area contributed by atoms with Crippen LogP contribution in [-0.4, -0.2) is 17.5 Å². The average Bonchev–Trinajstić information content (AvgIpc) is 2.38. The SMILES string of the molecule is CCC(CC)(CNCc1ccc(C)cc1C)SC. The van der Waals surface area contributed by atoms with Gasteiger partial charge in [0.15, 0.2) is 0 Å². The molecule has 1 rings (SSSR count). The van der Waals surface area contributed by atoms with Crippen LogP contribution in [0, 0.1) is 13.8 Å². The molecule has 1 N–H and O–H groups in total. The third-order valence-electron chi connectivity index (χ3n) is 3.98. The Balaban J connectivity index is 2.55. The molecule has 0 fully saturated rings. The fourth-order valence-electron chi connectivity index (χ4n) is 2.33. The van der Waals surface area contributed by atoms with Gasteiger partial charge in [-0.25, -0.2) is 0 Å². The van der Waals surface area contributed by atoms with Gasteiger partial charge in [-0.15, -0.1) is 0 Å². The van der Waals surface area contributed by atoms with Gasteiger partial charge < -0.3 is 5.32 Å². The summed E-state index contributed by atoms with van der Waals surface area (Å²) in [6.07, 6.45) is 4.68. The molecule has 0 atom stereocenters. The van der Waals surface area contributed by atoms with E-state index in [9.17, 15) is 0 Å². The smallest absolute Gasteiger partial charge is 0.0276 e. The van der Waals surface area contributed by atoms with Crippen LogP contribution in [0.2, 0.25) is 0 Å². The van der Waals surface area contributed by atoms with Crippen LogP contribution >= 0.6 is 11.8 Å². The fourth-order valence-corrected chi connectivity index (χ4v) is 3.15. The van der Waals surface area contributed by atoms with Gasteiger partial charge in [-0.2, -0.15) is 11.8 Å². The Hall–Kier alpha value is -0.470. The van der Waals surface area contributed by atoms with E-state index in [4.69, 9.17) is 0 Å². The second kappa shape index (κ2) is 7.20. The molecular weight excluding hydrogens is 238 g/mol. The zero-order chi connectivity index (χ0) is 13.6. The summed E-state index contributed by atoms with van der Waals surface area (Å²) in [5, 5.41) is 3.63.